The number of carbonyl (C=O) groups excluding carboxylic acids is 1. The van der Waals surface area contributed by atoms with Crippen LogP contribution in [0.5, 0.6) is 0 Å². The summed E-state index contributed by atoms with van der Waals surface area (Å²) in [6, 6.07) is 5.48. The van der Waals surface area contributed by atoms with Crippen LogP contribution in [0.15, 0.2) is 41.4 Å². The lowest BCUT2D eigenvalue weighted by Gasteiger charge is -2.33. The lowest BCUT2D eigenvalue weighted by atomic mass is 10.3. The topological polar surface area (TPSA) is 82.6 Å². The van der Waals surface area contributed by atoms with Crippen LogP contribution in [-0.4, -0.2) is 61.2 Å². The van der Waals surface area contributed by atoms with Crippen LogP contribution in [-0.2, 0) is 14.8 Å². The minimum absolute atomic E-state index is 0.0481. The zero-order valence-corrected chi connectivity index (χ0v) is 16.2. The molecule has 28 heavy (non-hydrogen) atoms. The van der Waals surface area contributed by atoms with E-state index >= 15 is 0 Å². The van der Waals surface area contributed by atoms with Gasteiger partial charge >= 0.3 is 0 Å². The number of carbonyl (C=O) groups is 1. The third-order valence-electron chi connectivity index (χ3n) is 4.20. The van der Waals surface area contributed by atoms with Gasteiger partial charge in [-0.3, -0.25) is 9.69 Å². The van der Waals surface area contributed by atoms with Gasteiger partial charge in [0.2, 0.25) is 15.9 Å². The van der Waals surface area contributed by atoms with E-state index in [-0.39, 0.29) is 38.6 Å². The molecule has 0 atom stereocenters. The lowest BCUT2D eigenvalue weighted by molar-refractivity contribution is -0.117. The average Bonchev–Trinajstić information content (AvgIpc) is 2.66. The Labute approximate surface area is 166 Å². The molecule has 11 heteroatoms. The Morgan fingerprint density at radius 1 is 1.14 bits per heavy atom. The first kappa shape index (κ1) is 20.6. The van der Waals surface area contributed by atoms with Crippen molar-refractivity contribution >= 4 is 33.3 Å². The number of nitrogens with one attached hydrogen (secondary N) is 1. The zero-order chi connectivity index (χ0) is 20.3. The molecule has 1 amide bonds. The maximum atomic E-state index is 13.9. The molecule has 1 saturated heterocycles. The van der Waals surface area contributed by atoms with E-state index in [2.05, 4.69) is 10.3 Å². The number of anilines is 1. The van der Waals surface area contributed by atoms with Gasteiger partial charge in [0.05, 0.1) is 11.6 Å². The molecule has 3 rings (SSSR count). The summed E-state index contributed by atoms with van der Waals surface area (Å²) < 4.78 is 53.4. The van der Waals surface area contributed by atoms with Crippen molar-refractivity contribution in [3.63, 3.8) is 0 Å². The van der Waals surface area contributed by atoms with E-state index in [1.165, 1.54) is 6.20 Å². The van der Waals surface area contributed by atoms with Crippen molar-refractivity contribution in [2.75, 3.05) is 38.0 Å². The number of hydrogen-bond donors (Lipinski definition) is 1. The number of benzene rings is 1. The summed E-state index contributed by atoms with van der Waals surface area (Å²) in [5.74, 6) is -1.77. The first-order valence-electron chi connectivity index (χ1n) is 8.34. The van der Waals surface area contributed by atoms with Gasteiger partial charge in [0.25, 0.3) is 0 Å². The molecule has 2 heterocycles. The van der Waals surface area contributed by atoms with E-state index in [0.29, 0.717) is 16.9 Å². The van der Waals surface area contributed by atoms with Crippen LogP contribution in [0.4, 0.5) is 14.6 Å². The fourth-order valence-corrected chi connectivity index (χ4v) is 4.39. The summed E-state index contributed by atoms with van der Waals surface area (Å²) in [5.41, 5.74) is 0. The van der Waals surface area contributed by atoms with Crippen molar-refractivity contribution in [2.24, 2.45) is 0 Å². The van der Waals surface area contributed by atoms with Gasteiger partial charge < -0.3 is 5.32 Å². The quantitative estimate of drug-likeness (QED) is 0.784. The predicted octanol–water partition coefficient (Wildman–Crippen LogP) is 1.96. The Hall–Kier alpha value is -2.14. The van der Waals surface area contributed by atoms with E-state index in [4.69, 9.17) is 11.6 Å². The smallest absolute Gasteiger partial charge is 0.246 e. The van der Waals surface area contributed by atoms with Crippen molar-refractivity contribution in [1.29, 1.82) is 0 Å². The second-order valence-electron chi connectivity index (χ2n) is 6.16. The van der Waals surface area contributed by atoms with Crippen LogP contribution < -0.4 is 5.32 Å². The number of halogens is 3. The Kier molecular flexibility index (Phi) is 6.23. The fourth-order valence-electron chi connectivity index (χ4n) is 2.78. The Balaban J connectivity index is 1.57. The molecule has 0 radical (unpaired) electrons. The summed E-state index contributed by atoms with van der Waals surface area (Å²) in [6.45, 7) is 0.720. The fraction of sp³-hybridized carbons (Fsp3) is 0.294. The minimum atomic E-state index is -4.15. The molecule has 0 spiro atoms. The number of amides is 1. The highest BCUT2D eigenvalue weighted by Gasteiger charge is 2.31. The van der Waals surface area contributed by atoms with Gasteiger partial charge in [0.1, 0.15) is 22.3 Å². The normalized spacial score (nSPS) is 16.1. The van der Waals surface area contributed by atoms with Crippen molar-refractivity contribution in [1.82, 2.24) is 14.2 Å². The first-order chi connectivity index (χ1) is 13.3. The third-order valence-corrected chi connectivity index (χ3v) is 6.34. The van der Waals surface area contributed by atoms with Crippen molar-refractivity contribution < 1.29 is 22.0 Å². The minimum Gasteiger partial charge on any atom is -0.310 e. The molecule has 7 nitrogen and oxygen atoms in total. The van der Waals surface area contributed by atoms with E-state index < -0.39 is 26.6 Å². The first-order valence-corrected chi connectivity index (χ1v) is 10.2. The van der Waals surface area contributed by atoms with Crippen molar-refractivity contribution in [3.05, 3.63) is 53.2 Å². The molecule has 0 unspecified atom stereocenters. The van der Waals surface area contributed by atoms with E-state index in [0.717, 1.165) is 16.4 Å². The lowest BCUT2D eigenvalue weighted by Crippen LogP contribution is -2.50. The number of hydrogen-bond acceptors (Lipinski definition) is 5. The molecule has 1 N–H and O–H groups in total. The molecule has 1 aliphatic heterocycles. The van der Waals surface area contributed by atoms with E-state index in [1.807, 2.05) is 0 Å². The number of nitrogens with zero attached hydrogens (tertiary/aromatic N) is 3. The van der Waals surface area contributed by atoms with Gasteiger partial charge in [-0.1, -0.05) is 11.6 Å². The summed E-state index contributed by atoms with van der Waals surface area (Å²) in [7, 11) is -4.15. The van der Waals surface area contributed by atoms with Gasteiger partial charge in [-0.25, -0.2) is 22.2 Å². The molecular formula is C17H17ClF2N4O3S. The van der Waals surface area contributed by atoms with Crippen LogP contribution >= 0.6 is 11.6 Å². The molecule has 1 aromatic carbocycles. The summed E-state index contributed by atoms with van der Waals surface area (Å²) in [5, 5.41) is 3.07. The van der Waals surface area contributed by atoms with Gasteiger partial charge in [-0.05, 0) is 30.3 Å². The molecule has 1 aliphatic rings. The van der Waals surface area contributed by atoms with Gasteiger partial charge in [0, 0.05) is 32.4 Å². The highest BCUT2D eigenvalue weighted by molar-refractivity contribution is 7.89. The van der Waals surface area contributed by atoms with Crippen LogP contribution in [0.25, 0.3) is 0 Å². The molecule has 0 bridgehead atoms. The highest BCUT2D eigenvalue weighted by Crippen LogP contribution is 2.21. The van der Waals surface area contributed by atoms with E-state index in [1.54, 1.807) is 17.0 Å². The van der Waals surface area contributed by atoms with Crippen LogP contribution in [0, 0.1) is 11.6 Å². The molecule has 0 saturated carbocycles. The predicted molar refractivity (Wildman–Crippen MR) is 99.4 cm³/mol. The second kappa shape index (κ2) is 8.48. The zero-order valence-electron chi connectivity index (χ0n) is 14.6. The van der Waals surface area contributed by atoms with Crippen LogP contribution in [0.2, 0.25) is 5.02 Å². The standard InChI is InChI=1S/C17H17ClF2N4O3S/c18-12-1-4-16(21-10-12)22-17(25)11-23-5-7-24(8-6-23)28(26,27)15-9-13(19)2-3-14(15)20/h1-4,9-10H,5-8,11H2,(H,21,22,25). The SMILES string of the molecule is O=C(CN1CCN(S(=O)(=O)c2cc(F)ccc2F)CC1)Nc1ccc(Cl)cn1. The maximum absolute atomic E-state index is 13.9. The number of aromatic nitrogens is 1. The summed E-state index contributed by atoms with van der Waals surface area (Å²) in [4.78, 5) is 17.1. The number of pyridine rings is 1. The molecule has 2 aromatic rings. The average molecular weight is 431 g/mol. The number of piperazine rings is 1. The summed E-state index contributed by atoms with van der Waals surface area (Å²) in [6.07, 6.45) is 1.41. The number of rotatable bonds is 5. The van der Waals surface area contributed by atoms with Gasteiger partial charge in [-0.15, -0.1) is 0 Å². The van der Waals surface area contributed by atoms with Gasteiger partial charge in [-0.2, -0.15) is 4.31 Å². The maximum Gasteiger partial charge on any atom is 0.246 e. The second-order valence-corrected chi connectivity index (χ2v) is 8.51. The van der Waals surface area contributed by atoms with Crippen LogP contribution in [0.3, 0.4) is 0 Å². The van der Waals surface area contributed by atoms with Gasteiger partial charge in [0.15, 0.2) is 0 Å². The Bertz CT molecular complexity index is 965. The molecule has 0 aliphatic carbocycles. The monoisotopic (exact) mass is 430 g/mol. The Morgan fingerprint density at radius 2 is 1.86 bits per heavy atom. The molecule has 1 fully saturated rings. The number of sulfonamides is 1. The molecule has 150 valence electrons. The van der Waals surface area contributed by atoms with Crippen molar-refractivity contribution in [2.45, 2.75) is 4.90 Å². The molecular weight excluding hydrogens is 414 g/mol. The van der Waals surface area contributed by atoms with E-state index in [9.17, 15) is 22.0 Å². The highest BCUT2D eigenvalue weighted by atomic mass is 35.5. The molecule has 1 aromatic heterocycles. The Morgan fingerprint density at radius 3 is 2.50 bits per heavy atom. The van der Waals surface area contributed by atoms with Crippen LogP contribution in [0.1, 0.15) is 0 Å². The summed E-state index contributed by atoms with van der Waals surface area (Å²) >= 11 is 5.74. The van der Waals surface area contributed by atoms with Crippen molar-refractivity contribution in [3.8, 4) is 0 Å². The third kappa shape index (κ3) is 4.82. The largest absolute Gasteiger partial charge is 0.310 e.